The quantitative estimate of drug-likeness (QED) is 0.624. The van der Waals surface area contributed by atoms with Gasteiger partial charge in [0.2, 0.25) is 5.91 Å². The van der Waals surface area contributed by atoms with E-state index in [-0.39, 0.29) is 6.61 Å². The van der Waals surface area contributed by atoms with Gasteiger partial charge in [-0.15, -0.1) is 0 Å². The third kappa shape index (κ3) is 6.42. The standard InChI is InChI=1S/C13H19N3O3/c14-11(12(15)17)7-4-8-16-13(18)19-9-10-5-2-1-3-6-10/h1-3,5-6,11H,4,7-9,14H2,(H2,15,17)(H,16,18). The minimum Gasteiger partial charge on any atom is -0.445 e. The van der Waals surface area contributed by atoms with Crippen LogP contribution in [0.2, 0.25) is 0 Å². The summed E-state index contributed by atoms with van der Waals surface area (Å²) in [6.45, 7) is 0.627. The Balaban J connectivity index is 2.10. The molecule has 6 heteroatoms. The second-order valence-corrected chi connectivity index (χ2v) is 4.14. The predicted molar refractivity (Wildman–Crippen MR) is 71.0 cm³/mol. The lowest BCUT2D eigenvalue weighted by atomic mass is 10.1. The third-order valence-electron chi connectivity index (χ3n) is 2.54. The Hall–Kier alpha value is -2.08. The van der Waals surface area contributed by atoms with Crippen LogP contribution in [0.15, 0.2) is 30.3 Å². The van der Waals surface area contributed by atoms with Gasteiger partial charge in [0.25, 0.3) is 0 Å². The molecule has 1 aromatic carbocycles. The Morgan fingerprint density at radius 1 is 1.26 bits per heavy atom. The zero-order valence-corrected chi connectivity index (χ0v) is 10.7. The smallest absolute Gasteiger partial charge is 0.407 e. The van der Waals surface area contributed by atoms with Crippen molar-refractivity contribution in [3.8, 4) is 0 Å². The van der Waals surface area contributed by atoms with Crippen LogP contribution in [0.5, 0.6) is 0 Å². The van der Waals surface area contributed by atoms with Crippen molar-refractivity contribution in [3.05, 3.63) is 35.9 Å². The molecule has 0 saturated heterocycles. The predicted octanol–water partition coefficient (Wildman–Crippen LogP) is 0.506. The van der Waals surface area contributed by atoms with Crippen LogP contribution in [0, 0.1) is 0 Å². The van der Waals surface area contributed by atoms with Crippen molar-refractivity contribution in [2.45, 2.75) is 25.5 Å². The monoisotopic (exact) mass is 265 g/mol. The van der Waals surface area contributed by atoms with E-state index in [1.165, 1.54) is 0 Å². The van der Waals surface area contributed by atoms with Gasteiger partial charge in [-0.2, -0.15) is 0 Å². The Kier molecular flexibility index (Phi) is 6.38. The summed E-state index contributed by atoms with van der Waals surface area (Å²) in [6.07, 6.45) is 0.523. The zero-order valence-electron chi connectivity index (χ0n) is 10.7. The van der Waals surface area contributed by atoms with Crippen LogP contribution in [0.25, 0.3) is 0 Å². The van der Waals surface area contributed by atoms with E-state index >= 15 is 0 Å². The molecule has 0 fully saturated rings. The zero-order chi connectivity index (χ0) is 14.1. The number of nitrogens with two attached hydrogens (primary N) is 2. The minimum absolute atomic E-state index is 0.230. The van der Waals surface area contributed by atoms with E-state index in [0.29, 0.717) is 19.4 Å². The molecule has 19 heavy (non-hydrogen) atoms. The molecule has 0 radical (unpaired) electrons. The van der Waals surface area contributed by atoms with Gasteiger partial charge in [-0.1, -0.05) is 30.3 Å². The van der Waals surface area contributed by atoms with Gasteiger partial charge in [-0.3, -0.25) is 4.79 Å². The summed E-state index contributed by atoms with van der Waals surface area (Å²) in [7, 11) is 0. The van der Waals surface area contributed by atoms with Gasteiger partial charge in [0.05, 0.1) is 6.04 Å². The van der Waals surface area contributed by atoms with Gasteiger partial charge in [0.15, 0.2) is 0 Å². The second kappa shape index (κ2) is 8.10. The van der Waals surface area contributed by atoms with Crippen molar-refractivity contribution < 1.29 is 14.3 Å². The molecular weight excluding hydrogens is 246 g/mol. The number of nitrogens with one attached hydrogen (secondary N) is 1. The Bertz CT molecular complexity index is 409. The first kappa shape index (κ1) is 15.0. The highest BCUT2D eigenvalue weighted by Crippen LogP contribution is 2.00. The van der Waals surface area contributed by atoms with Gasteiger partial charge in [0.1, 0.15) is 6.61 Å². The highest BCUT2D eigenvalue weighted by atomic mass is 16.5. The van der Waals surface area contributed by atoms with Crippen LogP contribution in [0.3, 0.4) is 0 Å². The molecule has 1 aromatic rings. The molecule has 6 nitrogen and oxygen atoms in total. The molecule has 0 aliphatic carbocycles. The molecule has 0 spiro atoms. The molecule has 5 N–H and O–H groups in total. The normalized spacial score (nSPS) is 11.6. The molecule has 0 heterocycles. The van der Waals surface area contributed by atoms with Gasteiger partial charge in [-0.25, -0.2) is 4.79 Å². The fraction of sp³-hybridized carbons (Fsp3) is 0.385. The number of rotatable bonds is 7. The lowest BCUT2D eigenvalue weighted by Gasteiger charge is -2.09. The summed E-state index contributed by atoms with van der Waals surface area (Å²) in [4.78, 5) is 22.0. The van der Waals surface area contributed by atoms with E-state index in [1.807, 2.05) is 30.3 Å². The molecule has 104 valence electrons. The maximum absolute atomic E-state index is 11.3. The summed E-state index contributed by atoms with van der Waals surface area (Å²) >= 11 is 0. The van der Waals surface area contributed by atoms with Crippen molar-refractivity contribution in [2.24, 2.45) is 11.5 Å². The number of amides is 2. The van der Waals surface area contributed by atoms with Crippen molar-refractivity contribution >= 4 is 12.0 Å². The number of ether oxygens (including phenoxy) is 1. The van der Waals surface area contributed by atoms with E-state index in [9.17, 15) is 9.59 Å². The first-order valence-electron chi connectivity index (χ1n) is 6.09. The summed E-state index contributed by atoms with van der Waals surface area (Å²) in [5, 5.41) is 2.58. The SMILES string of the molecule is NC(=O)C(N)CCCNC(=O)OCc1ccccc1. The number of primary amides is 1. The van der Waals surface area contributed by atoms with E-state index in [0.717, 1.165) is 5.56 Å². The first-order chi connectivity index (χ1) is 9.09. The molecule has 2 amide bonds. The van der Waals surface area contributed by atoms with E-state index in [1.54, 1.807) is 0 Å². The summed E-state index contributed by atoms with van der Waals surface area (Å²) in [5.74, 6) is -0.536. The van der Waals surface area contributed by atoms with Crippen LogP contribution in [0.4, 0.5) is 4.79 Å². The van der Waals surface area contributed by atoms with Crippen molar-refractivity contribution in [1.29, 1.82) is 0 Å². The highest BCUT2D eigenvalue weighted by Gasteiger charge is 2.08. The van der Waals surface area contributed by atoms with Crippen molar-refractivity contribution in [3.63, 3.8) is 0 Å². The lowest BCUT2D eigenvalue weighted by molar-refractivity contribution is -0.119. The number of carbonyl (C=O) groups is 2. The maximum atomic E-state index is 11.3. The molecule has 1 unspecified atom stereocenters. The van der Waals surface area contributed by atoms with Crippen LogP contribution in [0.1, 0.15) is 18.4 Å². The van der Waals surface area contributed by atoms with Crippen LogP contribution in [-0.2, 0) is 16.1 Å². The maximum Gasteiger partial charge on any atom is 0.407 e. The molecule has 0 aliphatic heterocycles. The molecular formula is C13H19N3O3. The highest BCUT2D eigenvalue weighted by molar-refractivity contribution is 5.79. The van der Waals surface area contributed by atoms with Crippen LogP contribution in [-0.4, -0.2) is 24.6 Å². The lowest BCUT2D eigenvalue weighted by Crippen LogP contribution is -2.37. The Morgan fingerprint density at radius 3 is 2.58 bits per heavy atom. The first-order valence-corrected chi connectivity index (χ1v) is 6.09. The third-order valence-corrected chi connectivity index (χ3v) is 2.54. The fourth-order valence-electron chi connectivity index (χ4n) is 1.43. The summed E-state index contributed by atoms with van der Waals surface area (Å²) in [6, 6.07) is 8.73. The number of hydrogen-bond acceptors (Lipinski definition) is 4. The van der Waals surface area contributed by atoms with E-state index in [4.69, 9.17) is 16.2 Å². The summed E-state index contributed by atoms with van der Waals surface area (Å²) in [5.41, 5.74) is 11.4. The molecule has 1 atom stereocenters. The Labute approximate surface area is 112 Å². The average molecular weight is 265 g/mol. The van der Waals surface area contributed by atoms with Gasteiger partial charge < -0.3 is 21.5 Å². The van der Waals surface area contributed by atoms with Crippen molar-refractivity contribution in [2.75, 3.05) is 6.54 Å². The fourth-order valence-corrected chi connectivity index (χ4v) is 1.43. The minimum atomic E-state index is -0.665. The molecule has 0 aromatic heterocycles. The van der Waals surface area contributed by atoms with Crippen LogP contribution >= 0.6 is 0 Å². The Morgan fingerprint density at radius 2 is 1.95 bits per heavy atom. The molecule has 0 saturated carbocycles. The largest absolute Gasteiger partial charge is 0.445 e. The second-order valence-electron chi connectivity index (χ2n) is 4.14. The van der Waals surface area contributed by atoms with Crippen molar-refractivity contribution in [1.82, 2.24) is 5.32 Å². The van der Waals surface area contributed by atoms with Gasteiger partial charge in [0, 0.05) is 6.54 Å². The topological polar surface area (TPSA) is 107 Å². The number of hydrogen-bond donors (Lipinski definition) is 3. The van der Waals surface area contributed by atoms with E-state index < -0.39 is 18.0 Å². The molecule has 0 aliphatic rings. The van der Waals surface area contributed by atoms with Crippen LogP contribution < -0.4 is 16.8 Å². The number of benzene rings is 1. The molecule has 1 rings (SSSR count). The number of carbonyl (C=O) groups excluding carboxylic acids is 2. The average Bonchev–Trinajstić information content (AvgIpc) is 2.42. The summed E-state index contributed by atoms with van der Waals surface area (Å²) < 4.78 is 5.01. The van der Waals surface area contributed by atoms with Gasteiger partial charge in [-0.05, 0) is 18.4 Å². The molecule has 0 bridgehead atoms. The number of alkyl carbamates (subject to hydrolysis) is 1. The van der Waals surface area contributed by atoms with E-state index in [2.05, 4.69) is 5.32 Å². The van der Waals surface area contributed by atoms with Gasteiger partial charge >= 0.3 is 6.09 Å².